The van der Waals surface area contributed by atoms with Crippen molar-refractivity contribution in [1.82, 2.24) is 9.73 Å². The number of nitrogens with zero attached hydrogens (tertiary/aromatic N) is 2. The predicted molar refractivity (Wildman–Crippen MR) is 157 cm³/mol. The number of anilines is 1. The highest BCUT2D eigenvalue weighted by Crippen LogP contribution is 2.48. The van der Waals surface area contributed by atoms with Gasteiger partial charge in [-0.2, -0.15) is 4.31 Å². The molecule has 0 bridgehead atoms. The second-order valence-electron chi connectivity index (χ2n) is 10.6. The molecule has 3 aromatic carbocycles. The SMILES string of the molecule is C[C@H]1C2=CNN(c3ccc(F)cc3)C2=CC2=C1[C@@H](CN(CCc1ccccc1Cl)S(=O)(=O)c1ccccc1F)CC2. The summed E-state index contributed by atoms with van der Waals surface area (Å²) in [4.78, 5) is -0.317. The molecule has 0 aromatic heterocycles. The molecule has 1 aliphatic heterocycles. The first-order valence-electron chi connectivity index (χ1n) is 13.7. The Labute approximate surface area is 244 Å². The minimum absolute atomic E-state index is 0.0219. The van der Waals surface area contributed by atoms with Crippen molar-refractivity contribution in [3.8, 4) is 0 Å². The second kappa shape index (κ2) is 11.1. The Morgan fingerprint density at radius 1 is 1.02 bits per heavy atom. The Morgan fingerprint density at radius 3 is 2.51 bits per heavy atom. The minimum atomic E-state index is -4.11. The lowest BCUT2D eigenvalue weighted by Crippen LogP contribution is -2.38. The van der Waals surface area contributed by atoms with Gasteiger partial charge in [0.15, 0.2) is 0 Å². The number of sulfonamides is 1. The molecule has 3 aliphatic rings. The van der Waals surface area contributed by atoms with Crippen LogP contribution in [-0.2, 0) is 16.4 Å². The molecule has 9 heteroatoms. The largest absolute Gasteiger partial charge is 0.301 e. The molecule has 2 atom stereocenters. The van der Waals surface area contributed by atoms with Crippen LogP contribution in [-0.4, -0.2) is 25.8 Å². The first-order chi connectivity index (χ1) is 19.7. The molecule has 3 aromatic rings. The molecule has 0 fully saturated rings. The number of hydrogen-bond donors (Lipinski definition) is 1. The van der Waals surface area contributed by atoms with Crippen LogP contribution in [0.15, 0.2) is 112 Å². The number of benzene rings is 3. The highest BCUT2D eigenvalue weighted by Gasteiger charge is 2.40. The summed E-state index contributed by atoms with van der Waals surface area (Å²) in [6.07, 6.45) is 6.14. The molecule has 6 rings (SSSR count). The Kier molecular flexibility index (Phi) is 7.49. The van der Waals surface area contributed by atoms with Crippen molar-refractivity contribution in [2.45, 2.75) is 31.1 Å². The van der Waals surface area contributed by atoms with Crippen molar-refractivity contribution >= 4 is 27.3 Å². The van der Waals surface area contributed by atoms with Crippen LogP contribution >= 0.6 is 11.6 Å². The van der Waals surface area contributed by atoms with Gasteiger partial charge in [-0.1, -0.05) is 54.4 Å². The standard InChI is InChI=1S/C32H30ClF2N3O2S/c1-21-27-19-36-38(26-14-12-25(34)13-15-26)30(27)18-23-10-11-24(32(21)23)20-37(17-16-22-6-2-3-7-28(22)33)41(39,40)31-9-5-4-8-29(31)35/h2-9,12-15,18-19,21,24,36H,10-11,16-17,20H2,1H3/t21-,24+/m0/s1. The summed E-state index contributed by atoms with van der Waals surface area (Å²) in [5, 5.41) is 2.52. The summed E-state index contributed by atoms with van der Waals surface area (Å²) >= 11 is 6.38. The molecule has 5 nitrogen and oxygen atoms in total. The summed E-state index contributed by atoms with van der Waals surface area (Å²) < 4.78 is 57.5. The minimum Gasteiger partial charge on any atom is -0.301 e. The van der Waals surface area contributed by atoms with Crippen LogP contribution in [0, 0.1) is 23.5 Å². The molecule has 212 valence electrons. The summed E-state index contributed by atoms with van der Waals surface area (Å²) in [5.74, 6) is -1.02. The fourth-order valence-corrected chi connectivity index (χ4v) is 7.98. The molecule has 41 heavy (non-hydrogen) atoms. The van der Waals surface area contributed by atoms with Gasteiger partial charge in [-0.3, -0.25) is 5.01 Å². The third-order valence-electron chi connectivity index (χ3n) is 8.25. The number of nitrogens with one attached hydrogen (secondary N) is 1. The van der Waals surface area contributed by atoms with Crippen molar-refractivity contribution in [3.63, 3.8) is 0 Å². The quantitative estimate of drug-likeness (QED) is 0.306. The monoisotopic (exact) mass is 593 g/mol. The number of allylic oxidation sites excluding steroid dienone is 3. The van der Waals surface area contributed by atoms with E-state index in [1.165, 1.54) is 45.8 Å². The Morgan fingerprint density at radius 2 is 1.76 bits per heavy atom. The van der Waals surface area contributed by atoms with Gasteiger partial charge in [0.05, 0.1) is 11.4 Å². The molecular formula is C32H30ClF2N3O2S. The number of fused-ring (bicyclic) bond motifs is 1. The van der Waals surface area contributed by atoms with Crippen LogP contribution in [0.2, 0.25) is 5.02 Å². The van der Waals surface area contributed by atoms with E-state index < -0.39 is 15.8 Å². The molecular weight excluding hydrogens is 564 g/mol. The van der Waals surface area contributed by atoms with Crippen molar-refractivity contribution in [2.24, 2.45) is 11.8 Å². The first-order valence-corrected chi connectivity index (χ1v) is 15.5. The van der Waals surface area contributed by atoms with E-state index in [2.05, 4.69) is 18.4 Å². The van der Waals surface area contributed by atoms with Gasteiger partial charge >= 0.3 is 0 Å². The van der Waals surface area contributed by atoms with E-state index in [9.17, 15) is 17.2 Å². The van der Waals surface area contributed by atoms with Gasteiger partial charge in [-0.05, 0) is 84.9 Å². The number of rotatable bonds is 8. The lowest BCUT2D eigenvalue weighted by Gasteiger charge is -2.32. The van der Waals surface area contributed by atoms with Gasteiger partial charge < -0.3 is 5.43 Å². The van der Waals surface area contributed by atoms with Gasteiger partial charge in [-0.25, -0.2) is 17.2 Å². The Bertz CT molecular complexity index is 1680. The highest BCUT2D eigenvalue weighted by molar-refractivity contribution is 7.89. The molecule has 0 unspecified atom stereocenters. The maximum absolute atomic E-state index is 14.8. The topological polar surface area (TPSA) is 52.6 Å². The second-order valence-corrected chi connectivity index (χ2v) is 13.0. The van der Waals surface area contributed by atoms with Gasteiger partial charge in [0.25, 0.3) is 0 Å². The van der Waals surface area contributed by atoms with Crippen molar-refractivity contribution < 1.29 is 17.2 Å². The average Bonchev–Trinajstić information content (AvgIpc) is 3.57. The number of hydrogen-bond acceptors (Lipinski definition) is 4. The maximum atomic E-state index is 14.8. The molecule has 0 amide bonds. The van der Waals surface area contributed by atoms with E-state index in [4.69, 9.17) is 11.6 Å². The van der Waals surface area contributed by atoms with Crippen LogP contribution in [0.4, 0.5) is 14.5 Å². The van der Waals surface area contributed by atoms with E-state index in [1.54, 1.807) is 24.3 Å². The molecule has 2 aliphatic carbocycles. The van der Waals surface area contributed by atoms with Crippen molar-refractivity contribution in [2.75, 3.05) is 18.1 Å². The lowest BCUT2D eigenvalue weighted by molar-refractivity contribution is 0.356. The number of halogens is 3. The van der Waals surface area contributed by atoms with E-state index >= 15 is 0 Å². The van der Waals surface area contributed by atoms with Crippen LogP contribution < -0.4 is 10.4 Å². The van der Waals surface area contributed by atoms with E-state index in [0.29, 0.717) is 11.4 Å². The fraction of sp³-hybridized carbons (Fsp3) is 0.250. The number of hydrazine groups is 1. The Hall–Kier alpha value is -3.46. The van der Waals surface area contributed by atoms with Crippen molar-refractivity contribution in [3.05, 3.63) is 130 Å². The fourth-order valence-electron chi connectivity index (χ4n) is 6.20. The van der Waals surface area contributed by atoms with E-state index in [0.717, 1.165) is 35.4 Å². The first kappa shape index (κ1) is 27.7. The third kappa shape index (κ3) is 5.20. The average molecular weight is 594 g/mol. The maximum Gasteiger partial charge on any atom is 0.246 e. The molecule has 0 saturated carbocycles. The normalized spacial score (nSPS) is 20.1. The summed E-state index contributed by atoms with van der Waals surface area (Å²) in [5.41, 5.74) is 9.49. The summed E-state index contributed by atoms with van der Waals surface area (Å²) in [7, 11) is -4.11. The van der Waals surface area contributed by atoms with Gasteiger partial charge in [0, 0.05) is 35.8 Å². The molecule has 0 radical (unpaired) electrons. The van der Waals surface area contributed by atoms with Gasteiger partial charge in [0.1, 0.15) is 16.5 Å². The Balaban J connectivity index is 1.31. The molecule has 1 heterocycles. The summed E-state index contributed by atoms with van der Waals surface area (Å²) in [6.45, 7) is 2.56. The lowest BCUT2D eigenvalue weighted by atomic mass is 9.80. The van der Waals surface area contributed by atoms with Gasteiger partial charge in [-0.15, -0.1) is 0 Å². The molecule has 0 saturated heterocycles. The van der Waals surface area contributed by atoms with Crippen molar-refractivity contribution in [1.29, 1.82) is 0 Å². The molecule has 1 N–H and O–H groups in total. The predicted octanol–water partition coefficient (Wildman–Crippen LogP) is 7.00. The summed E-state index contributed by atoms with van der Waals surface area (Å²) in [6, 6.07) is 19.2. The van der Waals surface area contributed by atoms with E-state index in [-0.39, 0.29) is 35.6 Å². The zero-order valence-corrected chi connectivity index (χ0v) is 24.1. The smallest absolute Gasteiger partial charge is 0.246 e. The van der Waals surface area contributed by atoms with Gasteiger partial charge in [0.2, 0.25) is 10.0 Å². The zero-order valence-electron chi connectivity index (χ0n) is 22.5. The zero-order chi connectivity index (χ0) is 28.7. The highest BCUT2D eigenvalue weighted by atomic mass is 35.5. The van der Waals surface area contributed by atoms with Crippen LogP contribution in [0.5, 0.6) is 0 Å². The third-order valence-corrected chi connectivity index (χ3v) is 10.5. The molecule has 0 spiro atoms. The van der Waals surface area contributed by atoms with Crippen LogP contribution in [0.1, 0.15) is 25.3 Å². The van der Waals surface area contributed by atoms with Crippen LogP contribution in [0.3, 0.4) is 0 Å². The van der Waals surface area contributed by atoms with Crippen LogP contribution in [0.25, 0.3) is 0 Å². The van der Waals surface area contributed by atoms with E-state index in [1.807, 2.05) is 29.4 Å².